The number of fused-ring (bicyclic) bond motifs is 1. The maximum atomic E-state index is 12.5. The lowest BCUT2D eigenvalue weighted by atomic mass is 9.95. The minimum absolute atomic E-state index is 0.0176. The Kier molecular flexibility index (Phi) is 6.75. The molecule has 0 spiro atoms. The van der Waals surface area contributed by atoms with Gasteiger partial charge in [0.15, 0.2) is 0 Å². The number of hydrogen-bond donors (Lipinski definition) is 2. The summed E-state index contributed by atoms with van der Waals surface area (Å²) in [6.45, 7) is 5.32. The number of rotatable bonds is 7. The summed E-state index contributed by atoms with van der Waals surface area (Å²) < 4.78 is 10.9. The van der Waals surface area contributed by atoms with Crippen LogP contribution in [0.4, 0.5) is 5.69 Å². The minimum Gasteiger partial charge on any atom is -0.497 e. The van der Waals surface area contributed by atoms with E-state index in [2.05, 4.69) is 24.5 Å². The van der Waals surface area contributed by atoms with Crippen molar-refractivity contribution < 1.29 is 19.1 Å². The molecule has 2 amide bonds. The minimum atomic E-state index is -0.220. The number of nitrogens with one attached hydrogen (secondary N) is 2. The number of methoxy groups -OCH3 is 1. The molecule has 2 aromatic rings. The number of ether oxygens (including phenoxy) is 2. The molecular weight excluding hydrogens is 368 g/mol. The predicted octanol–water partition coefficient (Wildman–Crippen LogP) is 3.66. The van der Waals surface area contributed by atoms with Gasteiger partial charge in [0.25, 0.3) is 5.91 Å². The summed E-state index contributed by atoms with van der Waals surface area (Å²) in [5, 5.41) is 5.89. The van der Waals surface area contributed by atoms with E-state index in [4.69, 9.17) is 9.47 Å². The Morgan fingerprint density at radius 1 is 1.17 bits per heavy atom. The standard InChI is InChI=1S/C23H28N2O4/c1-15(2)10-11-24-22(26)18-12-17-13-19(6-9-21(17)29-14-18)25-23(27)16-4-7-20(28-3)8-5-16/h4-9,13,15,18H,10-12,14H2,1-3H3,(H,24,26)(H,25,27)/t18-/m1/s1. The molecule has 0 bridgehead atoms. The van der Waals surface area contributed by atoms with Gasteiger partial charge in [-0.25, -0.2) is 0 Å². The first-order chi connectivity index (χ1) is 14.0. The first-order valence-corrected chi connectivity index (χ1v) is 9.95. The van der Waals surface area contributed by atoms with E-state index in [0.717, 1.165) is 17.7 Å². The van der Waals surface area contributed by atoms with Crippen LogP contribution in [0.2, 0.25) is 0 Å². The van der Waals surface area contributed by atoms with Gasteiger partial charge in [-0.15, -0.1) is 0 Å². The molecule has 6 heteroatoms. The Bertz CT molecular complexity index is 862. The molecule has 0 unspecified atom stereocenters. The molecule has 1 heterocycles. The summed E-state index contributed by atoms with van der Waals surface area (Å²) >= 11 is 0. The van der Waals surface area contributed by atoms with Crippen molar-refractivity contribution in [2.75, 3.05) is 25.6 Å². The molecule has 1 aliphatic heterocycles. The van der Waals surface area contributed by atoms with Crippen molar-refractivity contribution in [3.8, 4) is 11.5 Å². The average Bonchev–Trinajstić information content (AvgIpc) is 2.73. The molecule has 0 saturated carbocycles. The molecule has 3 rings (SSSR count). The van der Waals surface area contributed by atoms with Gasteiger partial charge < -0.3 is 20.1 Å². The number of carbonyl (C=O) groups is 2. The largest absolute Gasteiger partial charge is 0.497 e. The molecule has 0 radical (unpaired) electrons. The fourth-order valence-corrected chi connectivity index (χ4v) is 3.21. The van der Waals surface area contributed by atoms with Crippen molar-refractivity contribution >= 4 is 17.5 Å². The number of anilines is 1. The van der Waals surface area contributed by atoms with Crippen molar-refractivity contribution in [2.24, 2.45) is 11.8 Å². The Hall–Kier alpha value is -3.02. The first-order valence-electron chi connectivity index (χ1n) is 9.95. The highest BCUT2D eigenvalue weighted by molar-refractivity contribution is 6.04. The second kappa shape index (κ2) is 9.45. The first kappa shape index (κ1) is 20.7. The third-order valence-corrected chi connectivity index (χ3v) is 4.97. The second-order valence-corrected chi connectivity index (χ2v) is 7.69. The predicted molar refractivity (Wildman–Crippen MR) is 113 cm³/mol. The smallest absolute Gasteiger partial charge is 0.255 e. The number of amides is 2. The molecule has 0 aliphatic carbocycles. The van der Waals surface area contributed by atoms with Crippen LogP contribution in [0.3, 0.4) is 0 Å². The molecule has 154 valence electrons. The monoisotopic (exact) mass is 396 g/mol. The van der Waals surface area contributed by atoms with Gasteiger partial charge in [-0.2, -0.15) is 0 Å². The SMILES string of the molecule is COc1ccc(C(=O)Nc2ccc3c(c2)C[C@@H](C(=O)NCCC(C)C)CO3)cc1. The van der Waals surface area contributed by atoms with Gasteiger partial charge in [-0.1, -0.05) is 13.8 Å². The lowest BCUT2D eigenvalue weighted by Gasteiger charge is -2.25. The highest BCUT2D eigenvalue weighted by Gasteiger charge is 2.26. The van der Waals surface area contributed by atoms with E-state index >= 15 is 0 Å². The van der Waals surface area contributed by atoms with Crippen LogP contribution >= 0.6 is 0 Å². The lowest BCUT2D eigenvalue weighted by Crippen LogP contribution is -2.38. The number of benzene rings is 2. The maximum Gasteiger partial charge on any atom is 0.255 e. The summed E-state index contributed by atoms with van der Waals surface area (Å²) in [4.78, 5) is 24.9. The van der Waals surface area contributed by atoms with E-state index in [-0.39, 0.29) is 17.7 Å². The van der Waals surface area contributed by atoms with Crippen LogP contribution in [-0.2, 0) is 11.2 Å². The van der Waals surface area contributed by atoms with Crippen molar-refractivity contribution in [1.29, 1.82) is 0 Å². The number of carbonyl (C=O) groups excluding carboxylic acids is 2. The number of hydrogen-bond acceptors (Lipinski definition) is 4. The van der Waals surface area contributed by atoms with Gasteiger partial charge in [-0.05, 0) is 66.8 Å². The third-order valence-electron chi connectivity index (χ3n) is 4.97. The molecule has 0 saturated heterocycles. The van der Waals surface area contributed by atoms with Gasteiger partial charge in [0, 0.05) is 17.8 Å². The molecule has 1 aliphatic rings. The van der Waals surface area contributed by atoms with Crippen LogP contribution in [-0.4, -0.2) is 32.1 Å². The summed E-state index contributed by atoms with van der Waals surface area (Å²) in [6, 6.07) is 12.5. The lowest BCUT2D eigenvalue weighted by molar-refractivity contribution is -0.126. The van der Waals surface area contributed by atoms with E-state index in [1.54, 1.807) is 31.4 Å². The summed E-state index contributed by atoms with van der Waals surface area (Å²) in [5.74, 6) is 1.61. The van der Waals surface area contributed by atoms with Crippen LogP contribution in [0, 0.1) is 11.8 Å². The Balaban J connectivity index is 1.62. The van der Waals surface area contributed by atoms with E-state index in [1.165, 1.54) is 0 Å². The van der Waals surface area contributed by atoms with Gasteiger partial charge in [0.2, 0.25) is 5.91 Å². The van der Waals surface area contributed by atoms with Gasteiger partial charge in [0.05, 0.1) is 13.0 Å². The zero-order valence-corrected chi connectivity index (χ0v) is 17.2. The maximum absolute atomic E-state index is 12.5. The highest BCUT2D eigenvalue weighted by Crippen LogP contribution is 2.30. The van der Waals surface area contributed by atoms with Crippen LogP contribution in [0.15, 0.2) is 42.5 Å². The second-order valence-electron chi connectivity index (χ2n) is 7.69. The zero-order chi connectivity index (χ0) is 20.8. The molecule has 6 nitrogen and oxygen atoms in total. The van der Waals surface area contributed by atoms with E-state index in [9.17, 15) is 9.59 Å². The summed E-state index contributed by atoms with van der Waals surface area (Å²) in [7, 11) is 1.59. The van der Waals surface area contributed by atoms with Gasteiger partial charge in [-0.3, -0.25) is 9.59 Å². The normalized spacial score (nSPS) is 15.2. The molecule has 2 N–H and O–H groups in total. The quantitative estimate of drug-likeness (QED) is 0.749. The van der Waals surface area contributed by atoms with E-state index in [0.29, 0.717) is 42.5 Å². The van der Waals surface area contributed by atoms with E-state index in [1.807, 2.05) is 18.2 Å². The Labute approximate surface area is 171 Å². The van der Waals surface area contributed by atoms with Gasteiger partial charge in [0.1, 0.15) is 18.1 Å². The van der Waals surface area contributed by atoms with Crippen molar-refractivity contribution in [1.82, 2.24) is 5.32 Å². The Morgan fingerprint density at radius 3 is 2.62 bits per heavy atom. The Morgan fingerprint density at radius 2 is 1.93 bits per heavy atom. The third kappa shape index (κ3) is 5.50. The van der Waals surface area contributed by atoms with E-state index < -0.39 is 0 Å². The van der Waals surface area contributed by atoms with Crippen LogP contribution in [0.1, 0.15) is 36.2 Å². The molecule has 29 heavy (non-hydrogen) atoms. The molecular formula is C23H28N2O4. The van der Waals surface area contributed by atoms with Crippen molar-refractivity contribution in [2.45, 2.75) is 26.7 Å². The summed E-state index contributed by atoms with van der Waals surface area (Å²) in [6.07, 6.45) is 1.55. The fourth-order valence-electron chi connectivity index (χ4n) is 3.21. The zero-order valence-electron chi connectivity index (χ0n) is 17.2. The molecule has 0 aromatic heterocycles. The molecule has 1 atom stereocenters. The topological polar surface area (TPSA) is 76.7 Å². The average molecular weight is 396 g/mol. The highest BCUT2D eigenvalue weighted by atomic mass is 16.5. The van der Waals surface area contributed by atoms with Crippen LogP contribution in [0.5, 0.6) is 11.5 Å². The van der Waals surface area contributed by atoms with Crippen LogP contribution in [0.25, 0.3) is 0 Å². The van der Waals surface area contributed by atoms with Crippen molar-refractivity contribution in [3.05, 3.63) is 53.6 Å². The molecule has 0 fully saturated rings. The van der Waals surface area contributed by atoms with Gasteiger partial charge >= 0.3 is 0 Å². The van der Waals surface area contributed by atoms with Crippen LogP contribution < -0.4 is 20.1 Å². The fraction of sp³-hybridized carbons (Fsp3) is 0.391. The van der Waals surface area contributed by atoms with Crippen molar-refractivity contribution in [3.63, 3.8) is 0 Å². The molecule has 2 aromatic carbocycles. The summed E-state index contributed by atoms with van der Waals surface area (Å²) in [5.41, 5.74) is 2.14.